The number of ether oxygens (including phenoxy) is 1. The number of halogens is 1. The summed E-state index contributed by atoms with van der Waals surface area (Å²) in [7, 11) is 1.24. The molecular formula is C13H17ClO3. The van der Waals surface area contributed by atoms with E-state index in [9.17, 15) is 9.90 Å². The Bertz CT molecular complexity index is 404. The fourth-order valence-corrected chi connectivity index (χ4v) is 1.96. The Morgan fingerprint density at radius 1 is 1.53 bits per heavy atom. The molecule has 94 valence electrons. The first kappa shape index (κ1) is 14.0. The smallest absolute Gasteiger partial charge is 0.339 e. The molecule has 0 bridgehead atoms. The maximum atomic E-state index is 11.2. The second kappa shape index (κ2) is 6.03. The van der Waals surface area contributed by atoms with Gasteiger partial charge in [-0.3, -0.25) is 0 Å². The number of carbonyl (C=O) groups is 1. The van der Waals surface area contributed by atoms with Crippen LogP contribution in [-0.4, -0.2) is 18.2 Å². The molecule has 0 amide bonds. The lowest BCUT2D eigenvalue weighted by Crippen LogP contribution is -2.13. The van der Waals surface area contributed by atoms with E-state index in [-0.39, 0.29) is 0 Å². The molecule has 1 rings (SSSR count). The van der Waals surface area contributed by atoms with Crippen molar-refractivity contribution in [3.05, 3.63) is 34.3 Å². The van der Waals surface area contributed by atoms with Gasteiger partial charge in [-0.05, 0) is 29.5 Å². The first-order valence-corrected chi connectivity index (χ1v) is 5.94. The lowest BCUT2D eigenvalue weighted by Gasteiger charge is -2.14. The number of benzene rings is 1. The zero-order chi connectivity index (χ0) is 13.0. The van der Waals surface area contributed by atoms with Gasteiger partial charge in [-0.2, -0.15) is 0 Å². The third-order valence-corrected chi connectivity index (χ3v) is 3.24. The van der Waals surface area contributed by atoms with Crippen molar-refractivity contribution in [3.63, 3.8) is 0 Å². The Balaban J connectivity index is 3.00. The van der Waals surface area contributed by atoms with Crippen molar-refractivity contribution in [2.45, 2.75) is 32.3 Å². The Kier molecular flexibility index (Phi) is 4.97. The zero-order valence-electron chi connectivity index (χ0n) is 10.2. The first-order valence-electron chi connectivity index (χ1n) is 5.56. The maximum absolute atomic E-state index is 11.2. The number of carbonyl (C=O) groups excluding carboxylic acids is 1. The molecule has 0 spiro atoms. The average molecular weight is 257 g/mol. The minimum Gasteiger partial charge on any atom is -0.467 e. The second-order valence-electron chi connectivity index (χ2n) is 4.02. The minimum absolute atomic E-state index is 0.354. The lowest BCUT2D eigenvalue weighted by molar-refractivity contribution is -0.150. The summed E-state index contributed by atoms with van der Waals surface area (Å²) in [4.78, 5) is 11.2. The molecule has 2 unspecified atom stereocenters. The molecule has 0 radical (unpaired) electrons. The quantitative estimate of drug-likeness (QED) is 0.843. The highest BCUT2D eigenvalue weighted by molar-refractivity contribution is 6.31. The van der Waals surface area contributed by atoms with Crippen molar-refractivity contribution in [1.29, 1.82) is 0 Å². The van der Waals surface area contributed by atoms with Crippen LogP contribution >= 0.6 is 11.6 Å². The highest BCUT2D eigenvalue weighted by Crippen LogP contribution is 2.29. The minimum atomic E-state index is -1.27. The molecule has 0 saturated carbocycles. The topological polar surface area (TPSA) is 46.5 Å². The molecule has 0 aliphatic carbocycles. The molecule has 4 heteroatoms. The molecule has 3 nitrogen and oxygen atoms in total. The van der Waals surface area contributed by atoms with Gasteiger partial charge in [0.25, 0.3) is 0 Å². The standard InChI is InChI=1S/C13H17ClO3/c1-4-8(2)10-6-5-9(7-11(10)14)12(15)13(16)17-3/h5-8,12,15H,4H2,1-3H3. The van der Waals surface area contributed by atoms with Crippen molar-refractivity contribution < 1.29 is 14.6 Å². The third kappa shape index (κ3) is 3.20. The van der Waals surface area contributed by atoms with Crippen molar-refractivity contribution in [2.24, 2.45) is 0 Å². The fraction of sp³-hybridized carbons (Fsp3) is 0.462. The summed E-state index contributed by atoms with van der Waals surface area (Å²) in [6, 6.07) is 5.16. The van der Waals surface area contributed by atoms with E-state index in [4.69, 9.17) is 11.6 Å². The summed E-state index contributed by atoms with van der Waals surface area (Å²) in [5, 5.41) is 10.2. The Labute approximate surface area is 106 Å². The van der Waals surface area contributed by atoms with Crippen LogP contribution < -0.4 is 0 Å². The van der Waals surface area contributed by atoms with Crippen molar-refractivity contribution in [2.75, 3.05) is 7.11 Å². The van der Waals surface area contributed by atoms with Crippen LogP contribution in [0.2, 0.25) is 5.02 Å². The van der Waals surface area contributed by atoms with Crippen LogP contribution in [0.4, 0.5) is 0 Å². The maximum Gasteiger partial charge on any atom is 0.339 e. The predicted molar refractivity (Wildman–Crippen MR) is 67.1 cm³/mol. The molecule has 0 aliphatic heterocycles. The van der Waals surface area contributed by atoms with Gasteiger partial charge in [-0.15, -0.1) is 0 Å². The molecular weight excluding hydrogens is 240 g/mol. The van der Waals surface area contributed by atoms with Crippen molar-refractivity contribution in [3.8, 4) is 0 Å². The molecule has 1 aromatic rings. The number of esters is 1. The molecule has 0 fully saturated rings. The molecule has 1 N–H and O–H groups in total. The van der Waals surface area contributed by atoms with E-state index in [0.717, 1.165) is 12.0 Å². The van der Waals surface area contributed by atoms with Crippen LogP contribution in [0, 0.1) is 0 Å². The molecule has 0 heterocycles. The first-order chi connectivity index (χ1) is 8.01. The van der Waals surface area contributed by atoms with Gasteiger partial charge in [0, 0.05) is 5.02 Å². The van der Waals surface area contributed by atoms with Crippen molar-refractivity contribution in [1.82, 2.24) is 0 Å². The van der Waals surface area contributed by atoms with Gasteiger partial charge in [-0.25, -0.2) is 4.79 Å². The third-order valence-electron chi connectivity index (χ3n) is 2.91. The number of aliphatic hydroxyl groups is 1. The van der Waals surface area contributed by atoms with Crippen LogP contribution in [0.3, 0.4) is 0 Å². The summed E-state index contributed by atoms with van der Waals surface area (Å²) in [6.07, 6.45) is -0.290. The molecule has 0 saturated heterocycles. The summed E-state index contributed by atoms with van der Waals surface area (Å²) in [5.41, 5.74) is 1.48. The molecule has 17 heavy (non-hydrogen) atoms. The van der Waals surface area contributed by atoms with Gasteiger partial charge < -0.3 is 9.84 Å². The lowest BCUT2D eigenvalue weighted by atomic mass is 9.96. The Morgan fingerprint density at radius 3 is 2.65 bits per heavy atom. The van der Waals surface area contributed by atoms with Crippen LogP contribution in [0.5, 0.6) is 0 Å². The van der Waals surface area contributed by atoms with E-state index in [1.165, 1.54) is 7.11 Å². The van der Waals surface area contributed by atoms with E-state index < -0.39 is 12.1 Å². The molecule has 2 atom stereocenters. The average Bonchev–Trinajstić information content (AvgIpc) is 2.35. The van der Waals surface area contributed by atoms with E-state index >= 15 is 0 Å². The Morgan fingerprint density at radius 2 is 2.18 bits per heavy atom. The number of hydrogen-bond donors (Lipinski definition) is 1. The van der Waals surface area contributed by atoms with E-state index in [1.807, 2.05) is 6.07 Å². The van der Waals surface area contributed by atoms with Crippen LogP contribution in [0.25, 0.3) is 0 Å². The molecule has 0 aromatic heterocycles. The van der Waals surface area contributed by atoms with E-state index in [2.05, 4.69) is 18.6 Å². The number of hydrogen-bond acceptors (Lipinski definition) is 3. The normalized spacial score (nSPS) is 14.2. The second-order valence-corrected chi connectivity index (χ2v) is 4.42. The van der Waals surface area contributed by atoms with Gasteiger partial charge in [0.05, 0.1) is 7.11 Å². The number of methoxy groups -OCH3 is 1. The number of rotatable bonds is 4. The zero-order valence-corrected chi connectivity index (χ0v) is 11.0. The highest BCUT2D eigenvalue weighted by Gasteiger charge is 2.19. The predicted octanol–water partition coefficient (Wildman–Crippen LogP) is 3.06. The summed E-state index contributed by atoms with van der Waals surface area (Å²) in [5.74, 6) is -0.329. The van der Waals surface area contributed by atoms with Crippen LogP contribution in [-0.2, 0) is 9.53 Å². The van der Waals surface area contributed by atoms with Gasteiger partial charge >= 0.3 is 5.97 Å². The van der Waals surface area contributed by atoms with Gasteiger partial charge in [0.2, 0.25) is 0 Å². The largest absolute Gasteiger partial charge is 0.467 e. The summed E-state index contributed by atoms with van der Waals surface area (Å²) in [6.45, 7) is 4.16. The van der Waals surface area contributed by atoms with E-state index in [1.54, 1.807) is 12.1 Å². The monoisotopic (exact) mass is 256 g/mol. The van der Waals surface area contributed by atoms with Gasteiger partial charge in [-0.1, -0.05) is 37.6 Å². The van der Waals surface area contributed by atoms with Crippen LogP contribution in [0.1, 0.15) is 43.4 Å². The van der Waals surface area contributed by atoms with E-state index in [0.29, 0.717) is 16.5 Å². The summed E-state index contributed by atoms with van der Waals surface area (Å²) >= 11 is 6.13. The van der Waals surface area contributed by atoms with Gasteiger partial charge in [0.1, 0.15) is 0 Å². The van der Waals surface area contributed by atoms with Crippen molar-refractivity contribution >= 4 is 17.6 Å². The summed E-state index contributed by atoms with van der Waals surface area (Å²) < 4.78 is 4.47. The highest BCUT2D eigenvalue weighted by atomic mass is 35.5. The fourth-order valence-electron chi connectivity index (χ4n) is 1.58. The number of aliphatic hydroxyl groups excluding tert-OH is 1. The van der Waals surface area contributed by atoms with Gasteiger partial charge in [0.15, 0.2) is 6.10 Å². The molecule has 1 aromatic carbocycles. The SMILES string of the molecule is CCC(C)c1ccc(C(O)C(=O)OC)cc1Cl. The van der Waals surface area contributed by atoms with Crippen LogP contribution in [0.15, 0.2) is 18.2 Å². The molecule has 0 aliphatic rings. The Hall–Kier alpha value is -1.06.